The molecule has 0 amide bonds. The zero-order chi connectivity index (χ0) is 16.7. The van der Waals surface area contributed by atoms with Crippen molar-refractivity contribution < 1.29 is 0 Å². The highest BCUT2D eigenvalue weighted by molar-refractivity contribution is 8.93. The van der Waals surface area contributed by atoms with Gasteiger partial charge in [-0.3, -0.25) is 0 Å². The number of nitrogens with zero attached hydrogens (tertiary/aromatic N) is 3. The molecule has 138 valence electrons. The van der Waals surface area contributed by atoms with E-state index in [4.69, 9.17) is 23.2 Å². The molecule has 0 radical (unpaired) electrons. The van der Waals surface area contributed by atoms with E-state index < -0.39 is 0 Å². The van der Waals surface area contributed by atoms with E-state index in [9.17, 15) is 0 Å². The number of benzene rings is 1. The lowest BCUT2D eigenvalue weighted by Crippen LogP contribution is -2.36. The highest BCUT2D eigenvalue weighted by Crippen LogP contribution is 2.22. The first-order chi connectivity index (χ1) is 11.0. The first-order valence-corrected chi connectivity index (χ1v) is 9.33. The predicted molar refractivity (Wildman–Crippen MR) is 111 cm³/mol. The Kier molecular flexibility index (Phi) is 10.8. The number of likely N-dealkylation sites (N-methyl/N-ethyl adjacent to an activating group) is 2. The van der Waals surface area contributed by atoms with Crippen molar-refractivity contribution in [3.63, 3.8) is 0 Å². The fraction of sp³-hybridized carbons (Fsp3) is 0.667. The van der Waals surface area contributed by atoms with Gasteiger partial charge in [-0.25, -0.2) is 0 Å². The van der Waals surface area contributed by atoms with E-state index in [0.29, 0.717) is 10.0 Å². The van der Waals surface area contributed by atoms with Crippen LogP contribution in [0.5, 0.6) is 0 Å². The van der Waals surface area contributed by atoms with E-state index >= 15 is 0 Å². The Morgan fingerprint density at radius 3 is 2.17 bits per heavy atom. The van der Waals surface area contributed by atoms with Gasteiger partial charge >= 0.3 is 0 Å². The smallest absolute Gasteiger partial charge is 0.0595 e. The number of halogens is 3. The van der Waals surface area contributed by atoms with Gasteiger partial charge in [0.05, 0.1) is 10.0 Å². The van der Waals surface area contributed by atoms with Crippen LogP contribution in [0.1, 0.15) is 18.4 Å². The Labute approximate surface area is 167 Å². The Balaban J connectivity index is 0.00000288. The largest absolute Gasteiger partial charge is 0.305 e. The van der Waals surface area contributed by atoms with Gasteiger partial charge in [-0.15, -0.1) is 17.0 Å². The van der Waals surface area contributed by atoms with Crippen molar-refractivity contribution in [1.29, 1.82) is 0 Å². The summed E-state index contributed by atoms with van der Waals surface area (Å²) in [5.74, 6) is 0. The maximum atomic E-state index is 6.06. The van der Waals surface area contributed by atoms with E-state index in [1.807, 2.05) is 12.1 Å². The molecule has 0 aromatic heterocycles. The summed E-state index contributed by atoms with van der Waals surface area (Å²) in [6.07, 6.45) is 3.76. The number of hydrogen-bond donors (Lipinski definition) is 0. The minimum absolute atomic E-state index is 0. The molecule has 2 rings (SSSR count). The van der Waals surface area contributed by atoms with Crippen molar-refractivity contribution in [1.82, 2.24) is 14.7 Å². The second kappa shape index (κ2) is 11.7. The second-order valence-corrected chi connectivity index (χ2v) is 7.47. The van der Waals surface area contributed by atoms with Crippen molar-refractivity contribution in [2.24, 2.45) is 0 Å². The van der Waals surface area contributed by atoms with Crippen LogP contribution in [-0.4, -0.2) is 74.6 Å². The highest BCUT2D eigenvalue weighted by Gasteiger charge is 2.11. The predicted octanol–water partition coefficient (Wildman–Crippen LogP) is 4.07. The lowest BCUT2D eigenvalue weighted by Gasteiger charge is -2.24. The summed E-state index contributed by atoms with van der Waals surface area (Å²) in [4.78, 5) is 7.40. The first kappa shape index (κ1) is 22.2. The molecule has 6 heteroatoms. The van der Waals surface area contributed by atoms with E-state index in [1.165, 1.54) is 44.6 Å². The fourth-order valence-corrected chi connectivity index (χ4v) is 3.22. The third-order valence-corrected chi connectivity index (χ3v) is 5.37. The molecule has 0 N–H and O–H groups in total. The van der Waals surface area contributed by atoms with Crippen LogP contribution in [0.2, 0.25) is 10.0 Å². The van der Waals surface area contributed by atoms with Crippen LogP contribution in [0, 0.1) is 0 Å². The Bertz CT molecular complexity index is 481. The van der Waals surface area contributed by atoms with Crippen molar-refractivity contribution >= 4 is 40.2 Å². The van der Waals surface area contributed by atoms with Crippen LogP contribution < -0.4 is 0 Å². The maximum Gasteiger partial charge on any atom is 0.0595 e. The molecule has 1 aliphatic heterocycles. The molecule has 1 aliphatic rings. The van der Waals surface area contributed by atoms with Crippen LogP contribution in [0.25, 0.3) is 0 Å². The molecule has 0 bridgehead atoms. The third kappa shape index (κ3) is 8.03. The monoisotopic (exact) mass is 437 g/mol. The quantitative estimate of drug-likeness (QED) is 0.575. The molecule has 0 spiro atoms. The van der Waals surface area contributed by atoms with E-state index in [2.05, 4.69) is 34.9 Å². The lowest BCUT2D eigenvalue weighted by atomic mass is 10.1. The molecule has 1 aromatic carbocycles. The molecular formula is C18H30BrCl2N3. The standard InChI is InChI=1S/C18H29Cl2N3.BrH/c1-21(10-7-16-5-6-17(19)18(20)15-16)11-12-22(2)13-14-23-8-3-4-9-23;/h5-6,15H,3-4,7-14H2,1-2H3;1H. The zero-order valence-corrected chi connectivity index (χ0v) is 18.0. The molecule has 1 fully saturated rings. The lowest BCUT2D eigenvalue weighted by molar-refractivity contribution is 0.227. The average molecular weight is 439 g/mol. The summed E-state index contributed by atoms with van der Waals surface area (Å²) in [6, 6.07) is 5.91. The summed E-state index contributed by atoms with van der Waals surface area (Å²) in [5.41, 5.74) is 1.24. The Morgan fingerprint density at radius 1 is 0.917 bits per heavy atom. The first-order valence-electron chi connectivity index (χ1n) is 8.58. The van der Waals surface area contributed by atoms with Gasteiger partial charge < -0.3 is 14.7 Å². The van der Waals surface area contributed by atoms with E-state index in [-0.39, 0.29) is 17.0 Å². The van der Waals surface area contributed by atoms with Crippen molar-refractivity contribution in [2.45, 2.75) is 19.3 Å². The zero-order valence-electron chi connectivity index (χ0n) is 14.8. The Hall–Kier alpha value is 0.160. The highest BCUT2D eigenvalue weighted by atomic mass is 79.9. The molecule has 1 aromatic rings. The second-order valence-electron chi connectivity index (χ2n) is 6.65. The van der Waals surface area contributed by atoms with Gasteiger partial charge in [0.2, 0.25) is 0 Å². The molecule has 0 atom stereocenters. The summed E-state index contributed by atoms with van der Waals surface area (Å²) < 4.78 is 0. The SMILES string of the molecule is Br.CN(CCc1ccc(Cl)c(Cl)c1)CCN(C)CCN1CCCC1. The Morgan fingerprint density at radius 2 is 1.54 bits per heavy atom. The van der Waals surface area contributed by atoms with Crippen LogP contribution in [0.3, 0.4) is 0 Å². The third-order valence-electron chi connectivity index (χ3n) is 4.63. The van der Waals surface area contributed by atoms with Crippen LogP contribution in [0.4, 0.5) is 0 Å². The van der Waals surface area contributed by atoms with Crippen LogP contribution in [0.15, 0.2) is 18.2 Å². The topological polar surface area (TPSA) is 9.72 Å². The van der Waals surface area contributed by atoms with Crippen LogP contribution >= 0.6 is 40.2 Å². The van der Waals surface area contributed by atoms with Gasteiger partial charge in [-0.1, -0.05) is 29.3 Å². The molecule has 0 saturated carbocycles. The van der Waals surface area contributed by atoms with Crippen LogP contribution in [-0.2, 0) is 6.42 Å². The molecule has 24 heavy (non-hydrogen) atoms. The normalized spacial score (nSPS) is 15.2. The summed E-state index contributed by atoms with van der Waals surface area (Å²) >= 11 is 12.0. The number of rotatable bonds is 9. The number of hydrogen-bond acceptors (Lipinski definition) is 3. The summed E-state index contributed by atoms with van der Waals surface area (Å²) in [7, 11) is 4.41. The van der Waals surface area contributed by atoms with E-state index in [0.717, 1.165) is 26.1 Å². The van der Waals surface area contributed by atoms with Crippen molar-refractivity contribution in [2.75, 3.05) is 59.9 Å². The average Bonchev–Trinajstić information content (AvgIpc) is 3.05. The molecule has 1 saturated heterocycles. The van der Waals surface area contributed by atoms with Gasteiger partial charge in [0, 0.05) is 32.7 Å². The van der Waals surface area contributed by atoms with Gasteiger partial charge in [-0.2, -0.15) is 0 Å². The van der Waals surface area contributed by atoms with Gasteiger partial charge in [0.15, 0.2) is 0 Å². The van der Waals surface area contributed by atoms with E-state index in [1.54, 1.807) is 0 Å². The summed E-state index contributed by atoms with van der Waals surface area (Å²) in [5, 5.41) is 1.27. The summed E-state index contributed by atoms with van der Waals surface area (Å²) in [6.45, 7) is 8.21. The molecular weight excluding hydrogens is 409 g/mol. The fourth-order valence-electron chi connectivity index (χ4n) is 2.90. The molecule has 3 nitrogen and oxygen atoms in total. The van der Waals surface area contributed by atoms with Gasteiger partial charge in [0.25, 0.3) is 0 Å². The minimum Gasteiger partial charge on any atom is -0.305 e. The van der Waals surface area contributed by atoms with Crippen molar-refractivity contribution in [3.05, 3.63) is 33.8 Å². The maximum absolute atomic E-state index is 6.06. The van der Waals surface area contributed by atoms with Crippen molar-refractivity contribution in [3.8, 4) is 0 Å². The minimum atomic E-state index is 0. The molecule has 1 heterocycles. The molecule has 0 unspecified atom stereocenters. The van der Waals surface area contributed by atoms with Gasteiger partial charge in [0.1, 0.15) is 0 Å². The van der Waals surface area contributed by atoms with Gasteiger partial charge in [-0.05, 0) is 64.1 Å². The molecule has 0 aliphatic carbocycles. The number of likely N-dealkylation sites (tertiary alicyclic amines) is 1.